The normalized spacial score (nSPS) is 16.8. The van der Waals surface area contributed by atoms with Gasteiger partial charge in [-0.3, -0.25) is 11.3 Å². The molecule has 0 saturated heterocycles. The van der Waals surface area contributed by atoms with Gasteiger partial charge in [0.05, 0.1) is 7.11 Å². The summed E-state index contributed by atoms with van der Waals surface area (Å²) in [6, 6.07) is 8.75. The lowest BCUT2D eigenvalue weighted by atomic mass is 10.0. The van der Waals surface area contributed by atoms with Gasteiger partial charge >= 0.3 is 0 Å². The van der Waals surface area contributed by atoms with E-state index in [1.807, 2.05) is 12.1 Å². The van der Waals surface area contributed by atoms with Crippen molar-refractivity contribution in [3.63, 3.8) is 0 Å². The number of nitrogens with one attached hydrogen (secondary N) is 1. The first kappa shape index (κ1) is 12.4. The third kappa shape index (κ3) is 4.02. The highest BCUT2D eigenvalue weighted by molar-refractivity contribution is 5.27. The summed E-state index contributed by atoms with van der Waals surface area (Å²) in [6.45, 7) is 0. The molecule has 94 valence electrons. The first-order valence-electron chi connectivity index (χ1n) is 6.41. The van der Waals surface area contributed by atoms with Crippen LogP contribution in [-0.4, -0.2) is 13.2 Å². The van der Waals surface area contributed by atoms with Crippen molar-refractivity contribution in [3.05, 3.63) is 29.8 Å². The summed E-state index contributed by atoms with van der Waals surface area (Å²) in [6.07, 6.45) is 6.19. The van der Waals surface area contributed by atoms with Crippen molar-refractivity contribution in [1.82, 2.24) is 5.43 Å². The topological polar surface area (TPSA) is 47.3 Å². The molecule has 2 rings (SSSR count). The Bertz CT molecular complexity index is 333. The van der Waals surface area contributed by atoms with E-state index in [2.05, 4.69) is 17.6 Å². The van der Waals surface area contributed by atoms with E-state index in [4.69, 9.17) is 10.6 Å². The van der Waals surface area contributed by atoms with Crippen LogP contribution in [0.25, 0.3) is 0 Å². The zero-order valence-corrected chi connectivity index (χ0v) is 10.5. The van der Waals surface area contributed by atoms with Crippen LogP contribution in [0.1, 0.15) is 31.2 Å². The molecule has 1 aromatic carbocycles. The Hall–Kier alpha value is -1.06. The number of methoxy groups -OCH3 is 1. The van der Waals surface area contributed by atoms with Gasteiger partial charge in [-0.15, -0.1) is 0 Å². The van der Waals surface area contributed by atoms with Crippen molar-refractivity contribution in [3.8, 4) is 5.75 Å². The molecule has 3 heteroatoms. The van der Waals surface area contributed by atoms with Crippen LogP contribution in [0.5, 0.6) is 5.75 Å². The second-order valence-electron chi connectivity index (χ2n) is 4.93. The molecule has 0 spiro atoms. The summed E-state index contributed by atoms with van der Waals surface area (Å²) >= 11 is 0. The van der Waals surface area contributed by atoms with Gasteiger partial charge in [-0.1, -0.05) is 25.0 Å². The zero-order chi connectivity index (χ0) is 12.1. The molecule has 1 aromatic rings. The molecule has 1 fully saturated rings. The van der Waals surface area contributed by atoms with Gasteiger partial charge in [-0.2, -0.15) is 0 Å². The Kier molecular flexibility index (Phi) is 4.40. The Morgan fingerprint density at radius 1 is 1.35 bits per heavy atom. The molecule has 3 N–H and O–H groups in total. The van der Waals surface area contributed by atoms with Crippen molar-refractivity contribution in [1.29, 1.82) is 0 Å². The zero-order valence-electron chi connectivity index (χ0n) is 10.5. The highest BCUT2D eigenvalue weighted by atomic mass is 16.5. The smallest absolute Gasteiger partial charge is 0.118 e. The van der Waals surface area contributed by atoms with Crippen LogP contribution in [0.3, 0.4) is 0 Å². The lowest BCUT2D eigenvalue weighted by Crippen LogP contribution is -2.35. The SMILES string of the molecule is COc1ccc(CCC(CC2CC2)NN)cc1. The minimum absolute atomic E-state index is 0.463. The second-order valence-corrected chi connectivity index (χ2v) is 4.93. The summed E-state index contributed by atoms with van der Waals surface area (Å²) in [7, 11) is 1.69. The number of hydrazine groups is 1. The fraction of sp³-hybridized carbons (Fsp3) is 0.571. The Morgan fingerprint density at radius 2 is 2.06 bits per heavy atom. The predicted octanol–water partition coefficient (Wildman–Crippen LogP) is 2.26. The molecule has 0 aromatic heterocycles. The summed E-state index contributed by atoms with van der Waals surface area (Å²) < 4.78 is 5.14. The highest BCUT2D eigenvalue weighted by Crippen LogP contribution is 2.34. The minimum Gasteiger partial charge on any atom is -0.497 e. The van der Waals surface area contributed by atoms with Gasteiger partial charge in [0.2, 0.25) is 0 Å². The summed E-state index contributed by atoms with van der Waals surface area (Å²) in [5.74, 6) is 7.43. The van der Waals surface area contributed by atoms with Gasteiger partial charge in [0.25, 0.3) is 0 Å². The first-order chi connectivity index (χ1) is 8.31. The largest absolute Gasteiger partial charge is 0.497 e. The van der Waals surface area contributed by atoms with Crippen molar-refractivity contribution in [2.24, 2.45) is 11.8 Å². The third-order valence-corrected chi connectivity index (χ3v) is 3.49. The number of benzene rings is 1. The van der Waals surface area contributed by atoms with Gasteiger partial charge in [0, 0.05) is 6.04 Å². The summed E-state index contributed by atoms with van der Waals surface area (Å²) in [5.41, 5.74) is 4.29. The van der Waals surface area contributed by atoms with Crippen LogP contribution < -0.4 is 16.0 Å². The van der Waals surface area contributed by atoms with E-state index in [1.165, 1.54) is 24.8 Å². The van der Waals surface area contributed by atoms with E-state index in [0.717, 1.165) is 24.5 Å². The molecule has 1 aliphatic carbocycles. The maximum atomic E-state index is 5.59. The van der Waals surface area contributed by atoms with Crippen LogP contribution in [0, 0.1) is 5.92 Å². The lowest BCUT2D eigenvalue weighted by molar-refractivity contribution is 0.414. The molecule has 0 heterocycles. The quantitative estimate of drug-likeness (QED) is 0.562. The molecule has 1 unspecified atom stereocenters. The number of aryl methyl sites for hydroxylation is 1. The van der Waals surface area contributed by atoms with E-state index in [9.17, 15) is 0 Å². The third-order valence-electron chi connectivity index (χ3n) is 3.49. The van der Waals surface area contributed by atoms with Gasteiger partial charge < -0.3 is 4.74 Å². The molecule has 0 aliphatic heterocycles. The van der Waals surface area contributed by atoms with Gasteiger partial charge in [0.15, 0.2) is 0 Å². The number of rotatable bonds is 7. The van der Waals surface area contributed by atoms with Crippen LogP contribution in [0.2, 0.25) is 0 Å². The Labute approximate surface area is 103 Å². The molecule has 0 amide bonds. The minimum atomic E-state index is 0.463. The molecule has 3 nitrogen and oxygen atoms in total. The maximum Gasteiger partial charge on any atom is 0.118 e. The van der Waals surface area contributed by atoms with Crippen molar-refractivity contribution < 1.29 is 4.74 Å². The number of hydrogen-bond acceptors (Lipinski definition) is 3. The van der Waals surface area contributed by atoms with Crippen LogP contribution >= 0.6 is 0 Å². The van der Waals surface area contributed by atoms with E-state index in [-0.39, 0.29) is 0 Å². The average Bonchev–Trinajstić information content (AvgIpc) is 3.19. The Morgan fingerprint density at radius 3 is 2.59 bits per heavy atom. The number of ether oxygens (including phenoxy) is 1. The van der Waals surface area contributed by atoms with Crippen LogP contribution in [-0.2, 0) is 6.42 Å². The van der Waals surface area contributed by atoms with E-state index >= 15 is 0 Å². The fourth-order valence-corrected chi connectivity index (χ4v) is 2.16. The molecular weight excluding hydrogens is 212 g/mol. The maximum absolute atomic E-state index is 5.59. The Balaban J connectivity index is 1.78. The monoisotopic (exact) mass is 234 g/mol. The highest BCUT2D eigenvalue weighted by Gasteiger charge is 2.24. The fourth-order valence-electron chi connectivity index (χ4n) is 2.16. The number of hydrogen-bond donors (Lipinski definition) is 2. The van der Waals surface area contributed by atoms with Crippen molar-refractivity contribution in [2.45, 2.75) is 38.1 Å². The summed E-state index contributed by atoms with van der Waals surface area (Å²) in [5, 5.41) is 0. The van der Waals surface area contributed by atoms with Crippen molar-refractivity contribution >= 4 is 0 Å². The molecule has 1 aliphatic rings. The van der Waals surface area contributed by atoms with Gasteiger partial charge in [-0.25, -0.2) is 0 Å². The van der Waals surface area contributed by atoms with Gasteiger partial charge in [0.1, 0.15) is 5.75 Å². The number of nitrogens with two attached hydrogens (primary N) is 1. The van der Waals surface area contributed by atoms with Crippen LogP contribution in [0.4, 0.5) is 0 Å². The average molecular weight is 234 g/mol. The van der Waals surface area contributed by atoms with E-state index in [0.29, 0.717) is 6.04 Å². The molecule has 1 saturated carbocycles. The molecule has 1 atom stereocenters. The lowest BCUT2D eigenvalue weighted by Gasteiger charge is -2.15. The van der Waals surface area contributed by atoms with E-state index < -0.39 is 0 Å². The molecule has 0 bridgehead atoms. The molecule has 17 heavy (non-hydrogen) atoms. The molecular formula is C14H22N2O. The van der Waals surface area contributed by atoms with E-state index in [1.54, 1.807) is 7.11 Å². The van der Waals surface area contributed by atoms with Crippen molar-refractivity contribution in [2.75, 3.05) is 7.11 Å². The van der Waals surface area contributed by atoms with Crippen LogP contribution in [0.15, 0.2) is 24.3 Å². The second kappa shape index (κ2) is 6.03. The predicted molar refractivity (Wildman–Crippen MR) is 69.8 cm³/mol. The summed E-state index contributed by atoms with van der Waals surface area (Å²) in [4.78, 5) is 0. The standard InChI is InChI=1S/C14H22N2O/c1-17-14-8-5-11(6-9-14)4-7-13(16-15)10-12-2-3-12/h5-6,8-9,12-13,16H,2-4,7,10,15H2,1H3. The van der Waals surface area contributed by atoms with Gasteiger partial charge in [-0.05, 0) is 42.9 Å². The molecule has 0 radical (unpaired) electrons. The first-order valence-corrected chi connectivity index (χ1v) is 6.41.